The van der Waals surface area contributed by atoms with Gasteiger partial charge < -0.3 is 18.9 Å². The zero-order valence-electron chi connectivity index (χ0n) is 8.80. The van der Waals surface area contributed by atoms with Gasteiger partial charge in [0.1, 0.15) is 0 Å². The molecule has 0 amide bonds. The zero-order chi connectivity index (χ0) is 10.00. The van der Waals surface area contributed by atoms with Crippen molar-refractivity contribution in [1.82, 2.24) is 0 Å². The van der Waals surface area contributed by atoms with Crippen LogP contribution in [0.3, 0.4) is 0 Å². The van der Waals surface area contributed by atoms with Crippen molar-refractivity contribution < 1.29 is 20.3 Å². The highest BCUT2D eigenvalue weighted by Crippen LogP contribution is 2.68. The Kier molecular flexibility index (Phi) is 0.815. The third kappa shape index (κ3) is 0.518. The SMILES string of the molecule is [2H][C@]12O[C@@H]3O[C@@H]4O[C@](C)(O1)[C@H]1[C@@H]4C[C@@H]3[C@H]12. The second kappa shape index (κ2) is 1.78. The molecular weight excluding hydrogens is 184 g/mol. The normalized spacial score (nSPS) is 82.8. The van der Waals surface area contributed by atoms with Crippen LogP contribution in [-0.2, 0) is 18.9 Å². The van der Waals surface area contributed by atoms with E-state index in [0.29, 0.717) is 11.8 Å². The summed E-state index contributed by atoms with van der Waals surface area (Å²) in [6, 6.07) is 0. The van der Waals surface area contributed by atoms with Gasteiger partial charge in [0.05, 0.1) is 1.37 Å². The van der Waals surface area contributed by atoms with E-state index in [1.165, 1.54) is 0 Å². The number of ether oxygens (including phenoxy) is 4. The molecule has 5 fully saturated rings. The lowest BCUT2D eigenvalue weighted by Gasteiger charge is -2.33. The summed E-state index contributed by atoms with van der Waals surface area (Å²) in [5, 5.41) is 0. The van der Waals surface area contributed by atoms with E-state index in [2.05, 4.69) is 0 Å². The molecule has 0 radical (unpaired) electrons. The maximum Gasteiger partial charge on any atom is 0.175 e. The van der Waals surface area contributed by atoms with Gasteiger partial charge in [0, 0.05) is 23.7 Å². The average Bonchev–Trinajstić information content (AvgIpc) is 2.70. The Hall–Kier alpha value is -0.160. The molecule has 5 rings (SSSR count). The predicted molar refractivity (Wildman–Crippen MR) is 42.7 cm³/mol. The largest absolute Gasteiger partial charge is 0.323 e. The minimum Gasteiger partial charge on any atom is -0.323 e. The second-order valence-corrected chi connectivity index (χ2v) is 5.16. The Morgan fingerprint density at radius 3 is 3.07 bits per heavy atom. The second-order valence-electron chi connectivity index (χ2n) is 5.16. The van der Waals surface area contributed by atoms with Crippen molar-refractivity contribution in [3.05, 3.63) is 0 Å². The molecule has 0 N–H and O–H groups in total. The van der Waals surface area contributed by atoms with E-state index in [1.807, 2.05) is 6.92 Å². The first-order valence-corrected chi connectivity index (χ1v) is 5.32. The predicted octanol–water partition coefficient (Wildman–Crippen LogP) is 0.670. The molecule has 8 atom stereocenters. The highest BCUT2D eigenvalue weighted by molar-refractivity contribution is 5.12. The molecule has 4 saturated heterocycles. The fourth-order valence-electron chi connectivity index (χ4n) is 4.19. The Morgan fingerprint density at radius 1 is 1.21 bits per heavy atom. The van der Waals surface area contributed by atoms with Crippen LogP contribution in [0, 0.1) is 23.7 Å². The molecule has 0 aromatic rings. The van der Waals surface area contributed by atoms with Crippen LogP contribution in [0.2, 0.25) is 0 Å². The van der Waals surface area contributed by atoms with E-state index in [-0.39, 0.29) is 24.4 Å². The van der Waals surface area contributed by atoms with Crippen LogP contribution in [0.15, 0.2) is 0 Å². The first-order chi connectivity index (χ1) is 7.11. The quantitative estimate of drug-likeness (QED) is 0.572. The minimum absolute atomic E-state index is 0.144. The molecule has 1 saturated carbocycles. The molecule has 5 aliphatic rings. The van der Waals surface area contributed by atoms with Crippen molar-refractivity contribution in [2.24, 2.45) is 23.7 Å². The lowest BCUT2D eigenvalue weighted by atomic mass is 9.86. The highest BCUT2D eigenvalue weighted by atomic mass is 16.9. The van der Waals surface area contributed by atoms with E-state index < -0.39 is 12.1 Å². The summed E-state index contributed by atoms with van der Waals surface area (Å²) in [5.74, 6) is 0.543. The topological polar surface area (TPSA) is 36.9 Å². The van der Waals surface area contributed by atoms with Crippen LogP contribution in [0.25, 0.3) is 0 Å². The summed E-state index contributed by atoms with van der Waals surface area (Å²) >= 11 is 0. The van der Waals surface area contributed by atoms with Gasteiger partial charge in [0.15, 0.2) is 24.6 Å². The van der Waals surface area contributed by atoms with E-state index in [0.717, 1.165) is 6.42 Å². The first kappa shape index (κ1) is 6.43. The zero-order valence-corrected chi connectivity index (χ0v) is 7.80. The van der Waals surface area contributed by atoms with Crippen molar-refractivity contribution in [3.8, 4) is 0 Å². The Labute approximate surface area is 82.9 Å². The number of rotatable bonds is 0. The first-order valence-electron chi connectivity index (χ1n) is 5.82. The molecule has 4 nitrogen and oxygen atoms in total. The summed E-state index contributed by atoms with van der Waals surface area (Å²) in [7, 11) is 0. The van der Waals surface area contributed by atoms with Crippen LogP contribution in [0.1, 0.15) is 14.7 Å². The third-order valence-electron chi connectivity index (χ3n) is 4.58. The van der Waals surface area contributed by atoms with Gasteiger partial charge in [-0.15, -0.1) is 0 Å². The minimum atomic E-state index is -1.21. The van der Waals surface area contributed by atoms with Gasteiger partial charge in [-0.25, -0.2) is 0 Å². The molecule has 4 heterocycles. The average molecular weight is 197 g/mol. The van der Waals surface area contributed by atoms with E-state index in [4.69, 9.17) is 20.3 Å². The molecule has 0 unspecified atom stereocenters. The fraction of sp³-hybridized carbons (Fsp3) is 1.00. The monoisotopic (exact) mass is 197 g/mol. The lowest BCUT2D eigenvalue weighted by molar-refractivity contribution is -0.376. The van der Waals surface area contributed by atoms with Gasteiger partial charge in [0.2, 0.25) is 0 Å². The van der Waals surface area contributed by atoms with E-state index >= 15 is 0 Å². The van der Waals surface area contributed by atoms with Crippen LogP contribution < -0.4 is 0 Å². The molecule has 2 bridgehead atoms. The maximum absolute atomic E-state index is 8.23. The summed E-state index contributed by atoms with van der Waals surface area (Å²) in [4.78, 5) is 0. The molecule has 4 aliphatic heterocycles. The summed E-state index contributed by atoms with van der Waals surface area (Å²) < 4.78 is 31.1. The molecule has 76 valence electrons. The lowest BCUT2D eigenvalue weighted by Crippen LogP contribution is -2.40. The Bertz CT molecular complexity index is 344. The standard InChI is InChI=1S/C10H12O4/c1-10-6-4-2-3-5(6)9(14-10)12-7(3)11-8(4)13-10/h3-9H,2H2,1H3/t3-,4+,5-,6+,7+,8-,9+,10-/m1/s1/i9D. The molecular formula is C10H12O4. The van der Waals surface area contributed by atoms with Gasteiger partial charge in [-0.3, -0.25) is 0 Å². The third-order valence-corrected chi connectivity index (χ3v) is 4.58. The summed E-state index contributed by atoms with van der Waals surface area (Å²) in [6.07, 6.45) is -0.584. The summed E-state index contributed by atoms with van der Waals surface area (Å²) in [5.41, 5.74) is 0. The van der Waals surface area contributed by atoms with E-state index in [9.17, 15) is 0 Å². The van der Waals surface area contributed by atoms with Gasteiger partial charge in [-0.1, -0.05) is 0 Å². The van der Waals surface area contributed by atoms with Crippen LogP contribution >= 0.6 is 0 Å². The number of hydrogen-bond acceptors (Lipinski definition) is 4. The Balaban J connectivity index is 1.80. The fourth-order valence-corrected chi connectivity index (χ4v) is 4.19. The molecule has 0 aromatic carbocycles. The van der Waals surface area contributed by atoms with Crippen molar-refractivity contribution in [1.29, 1.82) is 0 Å². The van der Waals surface area contributed by atoms with Crippen molar-refractivity contribution in [2.45, 2.75) is 38.0 Å². The smallest absolute Gasteiger partial charge is 0.175 e. The van der Waals surface area contributed by atoms with Gasteiger partial charge in [-0.05, 0) is 13.3 Å². The summed E-state index contributed by atoms with van der Waals surface area (Å²) in [6.45, 7) is 1.93. The van der Waals surface area contributed by atoms with Crippen LogP contribution in [-0.4, -0.2) is 24.6 Å². The van der Waals surface area contributed by atoms with Gasteiger partial charge in [-0.2, -0.15) is 0 Å². The van der Waals surface area contributed by atoms with Crippen molar-refractivity contribution in [3.63, 3.8) is 0 Å². The van der Waals surface area contributed by atoms with Crippen LogP contribution in [0.4, 0.5) is 0 Å². The van der Waals surface area contributed by atoms with Gasteiger partial charge >= 0.3 is 0 Å². The van der Waals surface area contributed by atoms with Crippen LogP contribution in [0.5, 0.6) is 0 Å². The number of hydrogen-bond donors (Lipinski definition) is 0. The molecule has 0 aromatic heterocycles. The Morgan fingerprint density at radius 2 is 2.14 bits per heavy atom. The van der Waals surface area contributed by atoms with Crippen molar-refractivity contribution >= 4 is 0 Å². The molecule has 1 aliphatic carbocycles. The van der Waals surface area contributed by atoms with E-state index in [1.54, 1.807) is 0 Å². The molecule has 0 spiro atoms. The highest BCUT2D eigenvalue weighted by Gasteiger charge is 2.76. The molecule has 14 heavy (non-hydrogen) atoms. The van der Waals surface area contributed by atoms with Crippen molar-refractivity contribution in [2.75, 3.05) is 0 Å². The molecule has 4 heteroatoms. The maximum atomic E-state index is 8.23. The van der Waals surface area contributed by atoms with Gasteiger partial charge in [0.25, 0.3) is 0 Å².